The first-order valence-electron chi connectivity index (χ1n) is 5.82. The summed E-state index contributed by atoms with van der Waals surface area (Å²) in [5, 5.41) is 14.0. The molecule has 0 aliphatic carbocycles. The van der Waals surface area contributed by atoms with Crippen molar-refractivity contribution in [3.05, 3.63) is 58.3 Å². The summed E-state index contributed by atoms with van der Waals surface area (Å²) >= 11 is 3.11. The van der Waals surface area contributed by atoms with Crippen LogP contribution in [0.2, 0.25) is 0 Å². The maximum Gasteiger partial charge on any atom is 0.336 e. The van der Waals surface area contributed by atoms with Crippen molar-refractivity contribution in [2.75, 3.05) is 10.6 Å². The van der Waals surface area contributed by atoms with Crippen molar-refractivity contribution in [2.45, 2.75) is 0 Å². The average Bonchev–Trinajstić information content (AvgIpc) is 2.43. The van der Waals surface area contributed by atoms with Gasteiger partial charge in [-0.1, -0.05) is 0 Å². The number of rotatable bonds is 3. The number of carboxylic acids is 1. The van der Waals surface area contributed by atoms with Gasteiger partial charge in [-0.25, -0.2) is 14.0 Å². The van der Waals surface area contributed by atoms with Crippen LogP contribution in [0.1, 0.15) is 10.4 Å². The molecule has 21 heavy (non-hydrogen) atoms. The third-order valence-electron chi connectivity index (χ3n) is 2.56. The Bertz CT molecular complexity index is 689. The summed E-state index contributed by atoms with van der Waals surface area (Å²) in [7, 11) is 0. The molecule has 0 radical (unpaired) electrons. The van der Waals surface area contributed by atoms with Crippen LogP contribution in [-0.2, 0) is 0 Å². The number of anilines is 2. The van der Waals surface area contributed by atoms with Crippen LogP contribution in [-0.4, -0.2) is 17.1 Å². The van der Waals surface area contributed by atoms with E-state index in [-0.39, 0.29) is 5.56 Å². The van der Waals surface area contributed by atoms with Gasteiger partial charge in [-0.2, -0.15) is 0 Å². The molecule has 2 amide bonds. The lowest BCUT2D eigenvalue weighted by atomic mass is 10.2. The van der Waals surface area contributed by atoms with Gasteiger partial charge in [-0.05, 0) is 58.4 Å². The van der Waals surface area contributed by atoms with E-state index in [1.165, 1.54) is 36.4 Å². The monoisotopic (exact) mass is 352 g/mol. The minimum absolute atomic E-state index is 0.0367. The molecule has 0 fully saturated rings. The predicted octanol–water partition coefficient (Wildman–Crippen LogP) is 3.93. The van der Waals surface area contributed by atoms with Gasteiger partial charge in [-0.3, -0.25) is 0 Å². The van der Waals surface area contributed by atoms with Crippen LogP contribution in [0.5, 0.6) is 0 Å². The molecular weight excluding hydrogens is 343 g/mol. The van der Waals surface area contributed by atoms with E-state index in [9.17, 15) is 14.0 Å². The van der Waals surface area contributed by atoms with Crippen molar-refractivity contribution < 1.29 is 19.1 Å². The van der Waals surface area contributed by atoms with Crippen LogP contribution in [0.4, 0.5) is 20.6 Å². The quantitative estimate of drug-likeness (QED) is 0.782. The van der Waals surface area contributed by atoms with Gasteiger partial charge < -0.3 is 15.7 Å². The summed E-state index contributed by atoms with van der Waals surface area (Å²) in [5.74, 6) is -1.51. The van der Waals surface area contributed by atoms with E-state index in [0.717, 1.165) is 0 Å². The summed E-state index contributed by atoms with van der Waals surface area (Å²) in [6.07, 6.45) is 0. The molecule has 0 bridgehead atoms. The number of urea groups is 1. The van der Waals surface area contributed by atoms with Gasteiger partial charge >= 0.3 is 12.0 Å². The van der Waals surface area contributed by atoms with Gasteiger partial charge in [0, 0.05) is 15.8 Å². The highest BCUT2D eigenvalue weighted by atomic mass is 79.9. The molecule has 0 unspecified atom stereocenters. The van der Waals surface area contributed by atoms with Crippen molar-refractivity contribution in [3.8, 4) is 0 Å². The fraction of sp³-hybridized carbons (Fsp3) is 0. The smallest absolute Gasteiger partial charge is 0.336 e. The third kappa shape index (κ3) is 4.03. The number of aromatic carboxylic acids is 1. The second-order valence-electron chi connectivity index (χ2n) is 4.09. The van der Waals surface area contributed by atoms with Crippen molar-refractivity contribution in [2.24, 2.45) is 0 Å². The summed E-state index contributed by atoms with van der Waals surface area (Å²) in [5.41, 5.74) is 0.786. The minimum Gasteiger partial charge on any atom is -0.478 e. The Kier molecular flexibility index (Phi) is 4.54. The fourth-order valence-corrected chi connectivity index (χ4v) is 2.01. The number of amides is 2. The van der Waals surface area contributed by atoms with Crippen molar-refractivity contribution >= 4 is 39.3 Å². The van der Waals surface area contributed by atoms with Gasteiger partial charge in [0.15, 0.2) is 0 Å². The van der Waals surface area contributed by atoms with E-state index in [0.29, 0.717) is 15.8 Å². The van der Waals surface area contributed by atoms with Crippen molar-refractivity contribution in [1.82, 2.24) is 0 Å². The number of carboxylic acid groups (broad SMARTS) is 1. The lowest BCUT2D eigenvalue weighted by Crippen LogP contribution is -2.19. The topological polar surface area (TPSA) is 78.4 Å². The van der Waals surface area contributed by atoms with Gasteiger partial charge in [-0.15, -0.1) is 0 Å². The molecule has 3 N–H and O–H groups in total. The highest BCUT2D eigenvalue weighted by molar-refractivity contribution is 9.10. The molecule has 0 aliphatic rings. The second-order valence-corrected chi connectivity index (χ2v) is 4.94. The molecule has 0 saturated heterocycles. The maximum atomic E-state index is 12.7. The predicted molar refractivity (Wildman–Crippen MR) is 80.1 cm³/mol. The van der Waals surface area contributed by atoms with Crippen LogP contribution in [0.25, 0.3) is 0 Å². The first-order chi connectivity index (χ1) is 9.95. The molecule has 0 aromatic heterocycles. The zero-order chi connectivity index (χ0) is 15.4. The van der Waals surface area contributed by atoms with E-state index in [1.54, 1.807) is 6.07 Å². The van der Waals surface area contributed by atoms with E-state index in [1.807, 2.05) is 0 Å². The maximum absolute atomic E-state index is 12.7. The number of nitrogens with one attached hydrogen (secondary N) is 2. The summed E-state index contributed by atoms with van der Waals surface area (Å²) in [6, 6.07) is 9.13. The number of carbonyl (C=O) groups excluding carboxylic acids is 1. The van der Waals surface area contributed by atoms with Gasteiger partial charge in [0.05, 0.1) is 5.56 Å². The molecule has 108 valence electrons. The minimum atomic E-state index is -1.11. The van der Waals surface area contributed by atoms with Crippen LogP contribution in [0, 0.1) is 5.82 Å². The van der Waals surface area contributed by atoms with Gasteiger partial charge in [0.2, 0.25) is 0 Å². The van der Waals surface area contributed by atoms with E-state index < -0.39 is 17.8 Å². The highest BCUT2D eigenvalue weighted by Crippen LogP contribution is 2.21. The second kappa shape index (κ2) is 6.36. The van der Waals surface area contributed by atoms with E-state index >= 15 is 0 Å². The lowest BCUT2D eigenvalue weighted by molar-refractivity contribution is 0.0696. The molecule has 2 rings (SSSR count). The van der Waals surface area contributed by atoms with Crippen LogP contribution < -0.4 is 10.6 Å². The average molecular weight is 353 g/mol. The molecule has 2 aromatic carbocycles. The molecule has 5 nitrogen and oxygen atoms in total. The highest BCUT2D eigenvalue weighted by Gasteiger charge is 2.10. The molecule has 0 saturated carbocycles. The zero-order valence-corrected chi connectivity index (χ0v) is 12.1. The zero-order valence-electron chi connectivity index (χ0n) is 10.6. The van der Waals surface area contributed by atoms with Crippen LogP contribution in [0.15, 0.2) is 46.9 Å². The Labute approximate surface area is 127 Å². The van der Waals surface area contributed by atoms with E-state index in [4.69, 9.17) is 5.11 Å². The Morgan fingerprint density at radius 2 is 1.57 bits per heavy atom. The molecule has 7 heteroatoms. The normalized spacial score (nSPS) is 10.0. The fourth-order valence-electron chi connectivity index (χ4n) is 1.59. The summed E-state index contributed by atoms with van der Waals surface area (Å²) in [4.78, 5) is 22.7. The molecule has 2 aromatic rings. The lowest BCUT2D eigenvalue weighted by Gasteiger charge is -2.09. The Hall–Kier alpha value is -2.41. The Balaban J connectivity index is 2.07. The number of halogens is 2. The first-order valence-corrected chi connectivity index (χ1v) is 6.61. The van der Waals surface area contributed by atoms with Crippen molar-refractivity contribution in [1.29, 1.82) is 0 Å². The van der Waals surface area contributed by atoms with Gasteiger partial charge in [0.25, 0.3) is 0 Å². The number of hydrogen-bond acceptors (Lipinski definition) is 2. The summed E-state index contributed by atoms with van der Waals surface area (Å²) in [6.45, 7) is 0. The molecule has 0 heterocycles. The van der Waals surface area contributed by atoms with Gasteiger partial charge in [0.1, 0.15) is 5.82 Å². The summed E-state index contributed by atoms with van der Waals surface area (Å²) < 4.78 is 13.2. The molecule has 0 aliphatic heterocycles. The number of carbonyl (C=O) groups is 2. The number of hydrogen-bond donors (Lipinski definition) is 3. The Morgan fingerprint density at radius 1 is 1.00 bits per heavy atom. The number of benzene rings is 2. The van der Waals surface area contributed by atoms with Crippen LogP contribution >= 0.6 is 15.9 Å². The SMILES string of the molecule is O=C(Nc1ccc(F)cc1)Nc1ccc(Br)c(C(=O)O)c1. The van der Waals surface area contributed by atoms with Crippen molar-refractivity contribution in [3.63, 3.8) is 0 Å². The standard InChI is InChI=1S/C14H10BrFN2O3/c15-12-6-5-10(7-11(12)13(19)20)18-14(21)17-9-3-1-8(16)2-4-9/h1-7H,(H,19,20)(H2,17,18,21). The molecular formula is C14H10BrFN2O3. The van der Waals surface area contributed by atoms with E-state index in [2.05, 4.69) is 26.6 Å². The molecule has 0 atom stereocenters. The van der Waals surface area contributed by atoms with Crippen LogP contribution in [0.3, 0.4) is 0 Å². The third-order valence-corrected chi connectivity index (χ3v) is 3.25. The Morgan fingerprint density at radius 3 is 2.19 bits per heavy atom. The first kappa shape index (κ1) is 15.0. The largest absolute Gasteiger partial charge is 0.478 e. The molecule has 0 spiro atoms.